The molecule has 0 aromatic carbocycles. The molecular weight excluding hydrogens is 428 g/mol. The highest BCUT2D eigenvalue weighted by atomic mass is 28.3. The molecule has 9 heteroatoms. The van der Waals surface area contributed by atoms with Gasteiger partial charge in [0, 0.05) is 21.5 Å². The average Bonchev–Trinajstić information content (AvgIpc) is 3.44. The van der Waals surface area contributed by atoms with Gasteiger partial charge in [-0.2, -0.15) is 0 Å². The van der Waals surface area contributed by atoms with Gasteiger partial charge in [-0.15, -0.1) is 10.2 Å². The summed E-state index contributed by atoms with van der Waals surface area (Å²) in [7, 11) is -2.19. The van der Waals surface area contributed by atoms with Gasteiger partial charge in [-0.1, -0.05) is 66.8 Å². The van der Waals surface area contributed by atoms with Crippen LogP contribution in [0.1, 0.15) is 53.2 Å². The molecule has 0 aliphatic rings. The van der Waals surface area contributed by atoms with E-state index in [9.17, 15) is 0 Å². The largest absolute Gasteiger partial charge is 0.238 e. The zero-order valence-corrected chi connectivity index (χ0v) is 21.7. The minimum atomic E-state index is -2.19. The summed E-state index contributed by atoms with van der Waals surface area (Å²) in [5.41, 5.74) is -0.231. The Bertz CT molecular complexity index is 1180. The van der Waals surface area contributed by atoms with E-state index < -0.39 is 8.07 Å². The standard InChI is InChI=1S/C24H32N8Si/c1-23(2,3)21-25-15-31(29-21)17-11-9-13-19(27-17)33(7,8)20-14-10-12-18(28-20)32-16-26-22(30-32)24(4,5)6/h9-16H,1-8H3. The van der Waals surface area contributed by atoms with Gasteiger partial charge >= 0.3 is 0 Å². The molecule has 33 heavy (non-hydrogen) atoms. The number of hydrogen-bond donors (Lipinski definition) is 0. The van der Waals surface area contributed by atoms with E-state index in [1.807, 2.05) is 24.3 Å². The zero-order chi connectivity index (χ0) is 24.0. The molecule has 4 heterocycles. The van der Waals surface area contributed by atoms with E-state index in [0.29, 0.717) is 0 Å². The molecule has 0 fully saturated rings. The van der Waals surface area contributed by atoms with Crippen LogP contribution in [0, 0.1) is 0 Å². The van der Waals surface area contributed by atoms with E-state index in [2.05, 4.69) is 86.9 Å². The van der Waals surface area contributed by atoms with E-state index in [1.165, 1.54) is 0 Å². The minimum Gasteiger partial charge on any atom is -0.238 e. The number of pyridine rings is 2. The monoisotopic (exact) mass is 460 g/mol. The SMILES string of the molecule is CC(C)(C)c1ncn(-c2cccc([Si](C)(C)c3cccc(-n4cnc(C(C)(C)C)n4)n3)n2)n1. The Morgan fingerprint density at radius 1 is 0.636 bits per heavy atom. The van der Waals surface area contributed by atoms with Gasteiger partial charge in [0.25, 0.3) is 0 Å². The second-order valence-corrected chi connectivity index (χ2v) is 15.2. The van der Waals surface area contributed by atoms with Gasteiger partial charge in [0.1, 0.15) is 12.7 Å². The van der Waals surface area contributed by atoms with E-state index >= 15 is 0 Å². The molecule has 0 aliphatic heterocycles. The summed E-state index contributed by atoms with van der Waals surface area (Å²) in [6, 6.07) is 12.1. The maximum Gasteiger partial charge on any atom is 0.158 e. The van der Waals surface area contributed by atoms with Crippen LogP contribution in [0.3, 0.4) is 0 Å². The molecule has 4 rings (SSSR count). The summed E-state index contributed by atoms with van der Waals surface area (Å²) in [5.74, 6) is 3.11. The van der Waals surface area contributed by atoms with Gasteiger partial charge in [0.15, 0.2) is 31.4 Å². The molecule has 0 atom stereocenters. The van der Waals surface area contributed by atoms with E-state index in [-0.39, 0.29) is 10.8 Å². The molecular formula is C24H32N8Si. The predicted molar refractivity (Wildman–Crippen MR) is 132 cm³/mol. The predicted octanol–water partition coefficient (Wildman–Crippen LogP) is 3.06. The van der Waals surface area contributed by atoms with Crippen LogP contribution in [0.4, 0.5) is 0 Å². The van der Waals surface area contributed by atoms with Crippen LogP contribution in [-0.2, 0) is 10.8 Å². The Balaban J connectivity index is 1.68. The third-order valence-corrected chi connectivity index (χ3v) is 8.66. The highest BCUT2D eigenvalue weighted by Gasteiger charge is 2.31. The van der Waals surface area contributed by atoms with E-state index in [4.69, 9.17) is 9.97 Å². The number of aromatic nitrogens is 8. The van der Waals surface area contributed by atoms with E-state index in [0.717, 1.165) is 33.9 Å². The van der Waals surface area contributed by atoms with Crippen LogP contribution in [0.15, 0.2) is 49.1 Å². The number of hydrogen-bond acceptors (Lipinski definition) is 6. The summed E-state index contributed by atoms with van der Waals surface area (Å²) in [4.78, 5) is 18.9. The Morgan fingerprint density at radius 3 is 1.36 bits per heavy atom. The molecule has 4 aromatic rings. The van der Waals surface area contributed by atoms with Crippen LogP contribution in [-0.4, -0.2) is 47.6 Å². The fraction of sp³-hybridized carbons (Fsp3) is 0.417. The smallest absolute Gasteiger partial charge is 0.158 e. The van der Waals surface area contributed by atoms with Crippen LogP contribution in [0.25, 0.3) is 11.6 Å². The van der Waals surface area contributed by atoms with Crippen molar-refractivity contribution >= 4 is 18.7 Å². The van der Waals surface area contributed by atoms with Gasteiger partial charge in [-0.3, -0.25) is 0 Å². The van der Waals surface area contributed by atoms with E-state index in [1.54, 1.807) is 22.0 Å². The summed E-state index contributed by atoms with van der Waals surface area (Å²) in [6.45, 7) is 17.1. The molecule has 0 bridgehead atoms. The lowest BCUT2D eigenvalue weighted by molar-refractivity contribution is 0.543. The van der Waals surface area contributed by atoms with Crippen molar-refractivity contribution in [2.24, 2.45) is 0 Å². The maximum atomic E-state index is 4.97. The fourth-order valence-corrected chi connectivity index (χ4v) is 5.44. The molecule has 8 nitrogen and oxygen atoms in total. The summed E-state index contributed by atoms with van der Waals surface area (Å²) < 4.78 is 3.50. The molecule has 0 spiro atoms. The Hall–Kier alpha value is -3.20. The molecule has 0 unspecified atom stereocenters. The van der Waals surface area contributed by atoms with Crippen molar-refractivity contribution in [3.05, 3.63) is 60.7 Å². The van der Waals surface area contributed by atoms with Crippen molar-refractivity contribution in [2.45, 2.75) is 65.5 Å². The van der Waals surface area contributed by atoms with Crippen LogP contribution in [0.2, 0.25) is 13.1 Å². The highest BCUT2D eigenvalue weighted by Crippen LogP contribution is 2.19. The van der Waals surface area contributed by atoms with Crippen molar-refractivity contribution < 1.29 is 0 Å². The molecule has 0 amide bonds. The first-order chi connectivity index (χ1) is 15.4. The summed E-state index contributed by atoms with van der Waals surface area (Å²) in [5, 5.41) is 11.4. The average molecular weight is 461 g/mol. The van der Waals surface area contributed by atoms with Gasteiger partial charge in [0.2, 0.25) is 0 Å². The third-order valence-electron chi connectivity index (χ3n) is 5.54. The third kappa shape index (κ3) is 4.63. The maximum absolute atomic E-state index is 4.97. The Kier molecular flexibility index (Phi) is 5.56. The first kappa shape index (κ1) is 23.0. The molecule has 0 radical (unpaired) electrons. The van der Waals surface area contributed by atoms with Crippen LogP contribution < -0.4 is 10.6 Å². The van der Waals surface area contributed by atoms with Crippen molar-refractivity contribution in [1.29, 1.82) is 0 Å². The molecule has 0 saturated heterocycles. The number of nitrogens with zero attached hydrogens (tertiary/aromatic N) is 8. The van der Waals surface area contributed by atoms with Crippen molar-refractivity contribution in [2.75, 3.05) is 0 Å². The molecule has 172 valence electrons. The van der Waals surface area contributed by atoms with Gasteiger partial charge in [-0.25, -0.2) is 29.3 Å². The summed E-state index contributed by atoms with van der Waals surface area (Å²) >= 11 is 0. The fourth-order valence-electron chi connectivity index (χ4n) is 3.36. The van der Waals surface area contributed by atoms with Crippen molar-refractivity contribution in [3.63, 3.8) is 0 Å². The highest BCUT2D eigenvalue weighted by molar-refractivity contribution is 6.99. The lowest BCUT2D eigenvalue weighted by Gasteiger charge is -2.22. The van der Waals surface area contributed by atoms with Gasteiger partial charge < -0.3 is 0 Å². The zero-order valence-electron chi connectivity index (χ0n) is 20.7. The Labute approximate surface area is 196 Å². The van der Waals surface area contributed by atoms with Gasteiger partial charge in [-0.05, 0) is 24.3 Å². The molecule has 4 aromatic heterocycles. The topological polar surface area (TPSA) is 87.2 Å². The number of rotatable bonds is 4. The Morgan fingerprint density at radius 2 is 1.03 bits per heavy atom. The summed E-state index contributed by atoms with van der Waals surface area (Å²) in [6.07, 6.45) is 3.47. The first-order valence-corrected chi connectivity index (χ1v) is 14.2. The second kappa shape index (κ2) is 7.98. The van der Waals surface area contributed by atoms with Crippen LogP contribution >= 0.6 is 0 Å². The molecule has 0 saturated carbocycles. The van der Waals surface area contributed by atoms with Crippen molar-refractivity contribution in [1.82, 2.24) is 39.5 Å². The molecule has 0 N–H and O–H groups in total. The first-order valence-electron chi connectivity index (χ1n) is 11.2. The normalized spacial score (nSPS) is 12.8. The lowest BCUT2D eigenvalue weighted by Crippen LogP contribution is -2.55. The molecule has 0 aliphatic carbocycles. The second-order valence-electron chi connectivity index (χ2n) is 10.9. The lowest BCUT2D eigenvalue weighted by atomic mass is 9.96. The van der Waals surface area contributed by atoms with Crippen LogP contribution in [0.5, 0.6) is 0 Å². The van der Waals surface area contributed by atoms with Gasteiger partial charge in [0.05, 0.1) is 0 Å². The van der Waals surface area contributed by atoms with Crippen molar-refractivity contribution in [3.8, 4) is 11.6 Å². The quantitative estimate of drug-likeness (QED) is 0.435. The minimum absolute atomic E-state index is 0.116.